The standard InChI is InChI=1S/C18H16BrNO3S/c1-22-13-2-4-16(19)15(10-13)18(21)20-8-6-14-3-5-17(24-14)12-7-9-23-11-12/h2-5,7,9-11H,6,8H2,1H3,(H,20,21). The van der Waals surface area contributed by atoms with E-state index >= 15 is 0 Å². The smallest absolute Gasteiger partial charge is 0.252 e. The monoisotopic (exact) mass is 405 g/mol. The van der Waals surface area contributed by atoms with Crippen LogP contribution in [0.15, 0.2) is 57.8 Å². The maximum atomic E-state index is 12.3. The predicted octanol–water partition coefficient (Wildman–Crippen LogP) is 4.75. The van der Waals surface area contributed by atoms with Crippen LogP contribution >= 0.6 is 27.3 Å². The molecular formula is C18H16BrNO3S. The van der Waals surface area contributed by atoms with Gasteiger partial charge in [-0.2, -0.15) is 0 Å². The molecule has 2 aromatic heterocycles. The number of nitrogens with one attached hydrogen (secondary N) is 1. The van der Waals surface area contributed by atoms with Crippen LogP contribution in [0.4, 0.5) is 0 Å². The average molecular weight is 406 g/mol. The quantitative estimate of drug-likeness (QED) is 0.643. The highest BCUT2D eigenvalue weighted by atomic mass is 79.9. The van der Waals surface area contributed by atoms with Crippen molar-refractivity contribution in [2.24, 2.45) is 0 Å². The zero-order valence-corrected chi connectivity index (χ0v) is 15.4. The molecule has 0 saturated carbocycles. The summed E-state index contributed by atoms with van der Waals surface area (Å²) in [5, 5.41) is 2.95. The van der Waals surface area contributed by atoms with E-state index in [2.05, 4.69) is 33.4 Å². The van der Waals surface area contributed by atoms with Gasteiger partial charge in [0.15, 0.2) is 0 Å². The molecule has 0 fully saturated rings. The molecule has 0 atom stereocenters. The fourth-order valence-corrected chi connectivity index (χ4v) is 3.69. The van der Waals surface area contributed by atoms with Crippen LogP contribution in [0.2, 0.25) is 0 Å². The van der Waals surface area contributed by atoms with E-state index in [4.69, 9.17) is 9.15 Å². The van der Waals surface area contributed by atoms with Gasteiger partial charge in [0.25, 0.3) is 5.91 Å². The molecule has 0 spiro atoms. The second-order valence-corrected chi connectivity index (χ2v) is 7.15. The first-order chi connectivity index (χ1) is 11.7. The van der Waals surface area contributed by atoms with Gasteiger partial charge in [0, 0.05) is 26.3 Å². The van der Waals surface area contributed by atoms with E-state index < -0.39 is 0 Å². The van der Waals surface area contributed by atoms with Gasteiger partial charge >= 0.3 is 0 Å². The van der Waals surface area contributed by atoms with E-state index in [0.29, 0.717) is 17.9 Å². The summed E-state index contributed by atoms with van der Waals surface area (Å²) < 4.78 is 11.0. The number of hydrogen-bond acceptors (Lipinski definition) is 4. The molecule has 0 bridgehead atoms. The Labute approximate surface area is 152 Å². The van der Waals surface area contributed by atoms with Crippen LogP contribution in [0.25, 0.3) is 10.4 Å². The van der Waals surface area contributed by atoms with Crippen molar-refractivity contribution in [2.45, 2.75) is 6.42 Å². The molecule has 0 unspecified atom stereocenters. The maximum absolute atomic E-state index is 12.3. The van der Waals surface area contributed by atoms with Crippen LogP contribution in [0.1, 0.15) is 15.2 Å². The van der Waals surface area contributed by atoms with Crippen LogP contribution in [0, 0.1) is 0 Å². The second kappa shape index (κ2) is 7.68. The summed E-state index contributed by atoms with van der Waals surface area (Å²) >= 11 is 5.11. The Balaban J connectivity index is 1.57. The minimum atomic E-state index is -0.118. The number of amides is 1. The molecule has 2 heterocycles. The Morgan fingerprint density at radius 1 is 1.29 bits per heavy atom. The zero-order chi connectivity index (χ0) is 16.9. The van der Waals surface area contributed by atoms with Gasteiger partial charge in [-0.1, -0.05) is 0 Å². The SMILES string of the molecule is COc1ccc(Br)c(C(=O)NCCc2ccc(-c3ccoc3)s2)c1. The lowest BCUT2D eigenvalue weighted by Crippen LogP contribution is -2.25. The number of benzene rings is 1. The molecule has 3 rings (SSSR count). The van der Waals surface area contributed by atoms with E-state index in [9.17, 15) is 4.79 Å². The van der Waals surface area contributed by atoms with Crippen LogP contribution in [0.5, 0.6) is 5.75 Å². The lowest BCUT2D eigenvalue weighted by Gasteiger charge is -2.08. The van der Waals surface area contributed by atoms with Crippen molar-refractivity contribution in [1.29, 1.82) is 0 Å². The van der Waals surface area contributed by atoms with Gasteiger partial charge in [-0.3, -0.25) is 4.79 Å². The molecule has 1 aromatic carbocycles. The Morgan fingerprint density at radius 2 is 2.17 bits per heavy atom. The number of rotatable bonds is 6. The minimum Gasteiger partial charge on any atom is -0.497 e. The lowest BCUT2D eigenvalue weighted by molar-refractivity contribution is 0.0953. The molecule has 24 heavy (non-hydrogen) atoms. The summed E-state index contributed by atoms with van der Waals surface area (Å²) in [5.41, 5.74) is 1.65. The molecule has 3 aromatic rings. The van der Waals surface area contributed by atoms with Crippen LogP contribution in [-0.2, 0) is 6.42 Å². The Hall–Kier alpha value is -2.05. The molecule has 6 heteroatoms. The molecule has 124 valence electrons. The Morgan fingerprint density at radius 3 is 2.92 bits per heavy atom. The summed E-state index contributed by atoms with van der Waals surface area (Å²) in [6, 6.07) is 11.4. The van der Waals surface area contributed by atoms with Crippen molar-refractivity contribution < 1.29 is 13.9 Å². The summed E-state index contributed by atoms with van der Waals surface area (Å²) in [4.78, 5) is 14.7. The van der Waals surface area contributed by atoms with Gasteiger partial charge in [0.1, 0.15) is 5.75 Å². The largest absolute Gasteiger partial charge is 0.497 e. The Bertz CT molecular complexity index is 827. The molecule has 1 amide bonds. The number of thiophene rings is 1. The summed E-state index contributed by atoms with van der Waals surface area (Å²) in [5.74, 6) is 0.541. The third kappa shape index (κ3) is 3.88. The van der Waals surface area contributed by atoms with Crippen molar-refractivity contribution in [3.8, 4) is 16.2 Å². The number of hydrogen-bond donors (Lipinski definition) is 1. The van der Waals surface area contributed by atoms with Crippen molar-refractivity contribution in [3.63, 3.8) is 0 Å². The zero-order valence-electron chi connectivity index (χ0n) is 13.0. The first-order valence-corrected chi connectivity index (χ1v) is 9.01. The number of halogens is 1. The molecular weight excluding hydrogens is 390 g/mol. The van der Waals surface area contributed by atoms with Gasteiger partial charge in [-0.15, -0.1) is 11.3 Å². The van der Waals surface area contributed by atoms with Gasteiger partial charge < -0.3 is 14.5 Å². The molecule has 0 aliphatic carbocycles. The Kier molecular flexibility index (Phi) is 5.37. The second-order valence-electron chi connectivity index (χ2n) is 5.13. The maximum Gasteiger partial charge on any atom is 0.252 e. The highest BCUT2D eigenvalue weighted by molar-refractivity contribution is 9.10. The minimum absolute atomic E-state index is 0.118. The van der Waals surface area contributed by atoms with Crippen LogP contribution in [0.3, 0.4) is 0 Å². The molecule has 0 aliphatic heterocycles. The summed E-state index contributed by atoms with van der Waals surface area (Å²) in [6.07, 6.45) is 4.19. The molecule has 0 radical (unpaired) electrons. The third-order valence-corrected chi connectivity index (χ3v) is 5.43. The number of carbonyl (C=O) groups is 1. The van der Waals surface area contributed by atoms with Gasteiger partial charge in [0.05, 0.1) is 25.2 Å². The molecule has 0 aliphatic rings. The third-order valence-electron chi connectivity index (χ3n) is 3.54. The van der Waals surface area contributed by atoms with Crippen LogP contribution < -0.4 is 10.1 Å². The van der Waals surface area contributed by atoms with E-state index in [-0.39, 0.29) is 5.91 Å². The van der Waals surface area contributed by atoms with E-state index in [0.717, 1.165) is 16.5 Å². The fourth-order valence-electron chi connectivity index (χ4n) is 2.27. The number of carbonyl (C=O) groups excluding carboxylic acids is 1. The van der Waals surface area contributed by atoms with E-state index in [1.807, 2.05) is 18.2 Å². The first-order valence-electron chi connectivity index (χ1n) is 7.40. The fraction of sp³-hybridized carbons (Fsp3) is 0.167. The molecule has 1 N–H and O–H groups in total. The lowest BCUT2D eigenvalue weighted by atomic mass is 10.2. The molecule has 0 saturated heterocycles. The van der Waals surface area contributed by atoms with Gasteiger partial charge in [-0.25, -0.2) is 0 Å². The van der Waals surface area contributed by atoms with Crippen molar-refractivity contribution in [1.82, 2.24) is 5.32 Å². The average Bonchev–Trinajstić information content (AvgIpc) is 3.26. The number of methoxy groups -OCH3 is 1. The van der Waals surface area contributed by atoms with Crippen molar-refractivity contribution in [2.75, 3.05) is 13.7 Å². The topological polar surface area (TPSA) is 51.5 Å². The normalized spacial score (nSPS) is 10.6. The van der Waals surface area contributed by atoms with E-state index in [1.54, 1.807) is 37.0 Å². The molecule has 4 nitrogen and oxygen atoms in total. The van der Waals surface area contributed by atoms with Crippen molar-refractivity contribution in [3.05, 3.63) is 63.8 Å². The first kappa shape index (κ1) is 16.8. The predicted molar refractivity (Wildman–Crippen MR) is 98.8 cm³/mol. The highest BCUT2D eigenvalue weighted by Crippen LogP contribution is 2.28. The van der Waals surface area contributed by atoms with E-state index in [1.165, 1.54) is 9.75 Å². The summed E-state index contributed by atoms with van der Waals surface area (Å²) in [7, 11) is 1.58. The number of furan rings is 1. The van der Waals surface area contributed by atoms with Crippen LogP contribution in [-0.4, -0.2) is 19.6 Å². The van der Waals surface area contributed by atoms with Crippen molar-refractivity contribution >= 4 is 33.2 Å². The van der Waals surface area contributed by atoms with Gasteiger partial charge in [0.2, 0.25) is 0 Å². The number of ether oxygens (including phenoxy) is 1. The van der Waals surface area contributed by atoms with Gasteiger partial charge in [-0.05, 0) is 58.7 Å². The highest BCUT2D eigenvalue weighted by Gasteiger charge is 2.11. The summed E-state index contributed by atoms with van der Waals surface area (Å²) in [6.45, 7) is 0.577.